The Hall–Kier alpha value is -1.23. The van der Waals surface area contributed by atoms with Crippen molar-refractivity contribution in [2.45, 2.75) is 39.3 Å². The molecular weight excluding hydrogens is 489 g/mol. The third-order valence-electron chi connectivity index (χ3n) is 3.47. The molecule has 9 heteroatoms. The minimum Gasteiger partial charge on any atom is -0.444 e. The number of ether oxygens (including phenoxy) is 1. The Kier molecular flexibility index (Phi) is 14.1. The van der Waals surface area contributed by atoms with Crippen LogP contribution in [0, 0.1) is 0 Å². The topological polar surface area (TPSA) is 78.9 Å². The van der Waals surface area contributed by atoms with Crippen molar-refractivity contribution in [3.8, 4) is 0 Å². The van der Waals surface area contributed by atoms with Gasteiger partial charge in [-0.15, -0.1) is 24.0 Å². The number of thioether (sulfide) groups is 1. The highest BCUT2D eigenvalue weighted by molar-refractivity contribution is 14.0. The number of pyridine rings is 1. The van der Waals surface area contributed by atoms with Gasteiger partial charge in [-0.1, -0.05) is 6.07 Å². The molecule has 0 aromatic carbocycles. The first-order valence-corrected chi connectivity index (χ1v) is 10.6. The lowest BCUT2D eigenvalue weighted by Gasteiger charge is -2.27. The number of carbonyl (C=O) groups is 1. The van der Waals surface area contributed by atoms with E-state index in [4.69, 9.17) is 4.74 Å². The summed E-state index contributed by atoms with van der Waals surface area (Å²) in [6.45, 7) is 8.26. The molecule has 0 aliphatic rings. The minimum absolute atomic E-state index is 0. The van der Waals surface area contributed by atoms with Crippen LogP contribution in [0.4, 0.5) is 4.79 Å². The van der Waals surface area contributed by atoms with Gasteiger partial charge in [-0.2, -0.15) is 11.8 Å². The second kappa shape index (κ2) is 14.7. The molecular formula is C19H34IN5O2S. The predicted octanol–water partition coefficient (Wildman–Crippen LogP) is 3.35. The Morgan fingerprint density at radius 3 is 2.61 bits per heavy atom. The third-order valence-corrected chi connectivity index (χ3v) is 4.08. The van der Waals surface area contributed by atoms with Crippen LogP contribution in [0.5, 0.6) is 0 Å². The number of nitrogens with one attached hydrogen (secondary N) is 2. The third kappa shape index (κ3) is 12.3. The number of nitrogens with zero attached hydrogens (tertiary/aromatic N) is 3. The predicted molar refractivity (Wildman–Crippen MR) is 129 cm³/mol. The summed E-state index contributed by atoms with van der Waals surface area (Å²) in [6, 6.07) is 3.83. The number of rotatable bonds is 9. The lowest BCUT2D eigenvalue weighted by Crippen LogP contribution is -2.41. The van der Waals surface area contributed by atoms with E-state index in [0.29, 0.717) is 19.6 Å². The van der Waals surface area contributed by atoms with Crippen molar-refractivity contribution in [1.82, 2.24) is 20.5 Å². The van der Waals surface area contributed by atoms with E-state index >= 15 is 0 Å². The molecule has 1 rings (SSSR count). The summed E-state index contributed by atoms with van der Waals surface area (Å²) < 4.78 is 5.54. The van der Waals surface area contributed by atoms with Crippen LogP contribution in [0.1, 0.15) is 32.8 Å². The normalized spacial score (nSPS) is 11.4. The first-order chi connectivity index (χ1) is 12.9. The van der Waals surface area contributed by atoms with Gasteiger partial charge in [0, 0.05) is 44.8 Å². The molecule has 0 spiro atoms. The number of aliphatic imine (C=N–C) groups is 1. The molecule has 0 aliphatic heterocycles. The Bertz CT molecular complexity index is 581. The molecule has 0 atom stereocenters. The molecule has 0 saturated heterocycles. The summed E-state index contributed by atoms with van der Waals surface area (Å²) >= 11 is 1.79. The average Bonchev–Trinajstić information content (AvgIpc) is 2.62. The van der Waals surface area contributed by atoms with Gasteiger partial charge in [-0.25, -0.2) is 4.79 Å². The molecule has 0 fully saturated rings. The highest BCUT2D eigenvalue weighted by atomic mass is 127. The van der Waals surface area contributed by atoms with Gasteiger partial charge in [0.25, 0.3) is 0 Å². The zero-order chi connectivity index (χ0) is 20.1. The van der Waals surface area contributed by atoms with Crippen molar-refractivity contribution >= 4 is 47.8 Å². The van der Waals surface area contributed by atoms with Crippen LogP contribution >= 0.6 is 35.7 Å². The molecule has 1 heterocycles. The van der Waals surface area contributed by atoms with Crippen molar-refractivity contribution in [3.63, 3.8) is 0 Å². The Morgan fingerprint density at radius 1 is 1.32 bits per heavy atom. The second-order valence-corrected chi connectivity index (χ2v) is 8.02. The van der Waals surface area contributed by atoms with E-state index in [1.165, 1.54) is 0 Å². The maximum absolute atomic E-state index is 12.5. The number of hydrogen-bond donors (Lipinski definition) is 2. The van der Waals surface area contributed by atoms with Crippen LogP contribution < -0.4 is 10.6 Å². The summed E-state index contributed by atoms with van der Waals surface area (Å²) in [5.41, 5.74) is 0.456. The van der Waals surface area contributed by atoms with Crippen LogP contribution in [-0.2, 0) is 11.3 Å². The molecule has 28 heavy (non-hydrogen) atoms. The Balaban J connectivity index is 0.00000729. The average molecular weight is 523 g/mol. The van der Waals surface area contributed by atoms with E-state index in [2.05, 4.69) is 26.9 Å². The first kappa shape index (κ1) is 26.8. The fourth-order valence-electron chi connectivity index (χ4n) is 2.24. The van der Waals surface area contributed by atoms with Gasteiger partial charge < -0.3 is 20.3 Å². The highest BCUT2D eigenvalue weighted by Crippen LogP contribution is 2.12. The summed E-state index contributed by atoms with van der Waals surface area (Å²) in [5.74, 6) is 1.80. The molecule has 0 unspecified atom stereocenters. The van der Waals surface area contributed by atoms with Gasteiger partial charge in [-0.05, 0) is 45.1 Å². The van der Waals surface area contributed by atoms with E-state index < -0.39 is 5.60 Å². The highest BCUT2D eigenvalue weighted by Gasteiger charge is 2.22. The maximum Gasteiger partial charge on any atom is 0.410 e. The van der Waals surface area contributed by atoms with Crippen molar-refractivity contribution in [3.05, 3.63) is 30.1 Å². The number of halogens is 1. The summed E-state index contributed by atoms with van der Waals surface area (Å²) in [5, 5.41) is 6.53. The number of amides is 1. The fraction of sp³-hybridized carbons (Fsp3) is 0.632. The first-order valence-electron chi connectivity index (χ1n) is 9.16. The van der Waals surface area contributed by atoms with E-state index in [9.17, 15) is 4.79 Å². The number of carbonyl (C=O) groups excluding carboxylic acids is 1. The van der Waals surface area contributed by atoms with Gasteiger partial charge in [0.1, 0.15) is 5.60 Å². The van der Waals surface area contributed by atoms with Crippen LogP contribution in [-0.4, -0.2) is 66.2 Å². The van der Waals surface area contributed by atoms with Crippen molar-refractivity contribution in [2.75, 3.05) is 38.7 Å². The van der Waals surface area contributed by atoms with Gasteiger partial charge in [0.2, 0.25) is 0 Å². The molecule has 2 N–H and O–H groups in total. The molecule has 0 aliphatic carbocycles. The zero-order valence-electron chi connectivity index (χ0n) is 17.5. The summed E-state index contributed by atoms with van der Waals surface area (Å²) in [6.07, 6.45) is 6.04. The van der Waals surface area contributed by atoms with Gasteiger partial charge in [0.05, 0.1) is 6.54 Å². The smallest absolute Gasteiger partial charge is 0.410 e. The van der Waals surface area contributed by atoms with E-state index in [-0.39, 0.29) is 30.1 Å². The van der Waals surface area contributed by atoms with E-state index in [1.807, 2.05) is 32.9 Å². The Labute approximate surface area is 190 Å². The quantitative estimate of drug-likeness (QED) is 0.224. The molecule has 1 aromatic heterocycles. The number of hydrogen-bond acceptors (Lipinski definition) is 5. The fourth-order valence-corrected chi connectivity index (χ4v) is 2.55. The number of guanidine groups is 1. The standard InChI is InChI=1S/C19H33N5O2S.HI/c1-19(2,3)26-18(25)24(15-16-8-6-9-21-14-16)12-7-10-22-17(20-4)23-11-13-27-5;/h6,8-9,14H,7,10-13,15H2,1-5H3,(H2,20,22,23);1H. The van der Waals surface area contributed by atoms with E-state index in [0.717, 1.165) is 30.2 Å². The molecule has 0 radical (unpaired) electrons. The van der Waals surface area contributed by atoms with Crippen molar-refractivity contribution in [1.29, 1.82) is 0 Å². The molecule has 0 saturated carbocycles. The number of aromatic nitrogens is 1. The van der Waals surface area contributed by atoms with Crippen molar-refractivity contribution in [2.24, 2.45) is 4.99 Å². The van der Waals surface area contributed by atoms with Crippen LogP contribution in [0.2, 0.25) is 0 Å². The summed E-state index contributed by atoms with van der Waals surface area (Å²) in [4.78, 5) is 22.6. The lowest BCUT2D eigenvalue weighted by molar-refractivity contribution is 0.0232. The van der Waals surface area contributed by atoms with Gasteiger partial charge in [0.15, 0.2) is 5.96 Å². The zero-order valence-corrected chi connectivity index (χ0v) is 20.7. The molecule has 1 amide bonds. The molecule has 7 nitrogen and oxygen atoms in total. The van der Waals surface area contributed by atoms with Crippen LogP contribution in [0.25, 0.3) is 0 Å². The largest absolute Gasteiger partial charge is 0.444 e. The van der Waals surface area contributed by atoms with Crippen molar-refractivity contribution < 1.29 is 9.53 Å². The molecule has 0 bridgehead atoms. The lowest BCUT2D eigenvalue weighted by atomic mass is 10.2. The van der Waals surface area contributed by atoms with Crippen LogP contribution in [0.3, 0.4) is 0 Å². The van der Waals surface area contributed by atoms with E-state index in [1.54, 1.807) is 36.1 Å². The minimum atomic E-state index is -0.522. The monoisotopic (exact) mass is 523 g/mol. The van der Waals surface area contributed by atoms with Gasteiger partial charge >= 0.3 is 6.09 Å². The molecule has 160 valence electrons. The maximum atomic E-state index is 12.5. The SMILES string of the molecule is CN=C(NCCCN(Cc1cccnc1)C(=O)OC(C)(C)C)NCCSC.I. The molecule has 1 aromatic rings. The summed E-state index contributed by atoms with van der Waals surface area (Å²) in [7, 11) is 1.75. The second-order valence-electron chi connectivity index (χ2n) is 7.04. The van der Waals surface area contributed by atoms with Gasteiger partial charge in [-0.3, -0.25) is 9.98 Å². The Morgan fingerprint density at radius 2 is 2.04 bits per heavy atom. The van der Waals surface area contributed by atoms with Crippen LogP contribution in [0.15, 0.2) is 29.5 Å².